The molecule has 6 rings (SSSR count). The number of nitrogens with zero attached hydrogens (tertiary/aromatic N) is 1. The number of carbonyl (C=O) groups is 3. The van der Waals surface area contributed by atoms with Crippen molar-refractivity contribution in [1.29, 1.82) is 0 Å². The highest BCUT2D eigenvalue weighted by atomic mass is 79.9. The zero-order chi connectivity index (χ0) is 27.9. The maximum Gasteiger partial charge on any atom is 0.411 e. The van der Waals surface area contributed by atoms with E-state index in [4.69, 9.17) is 9.47 Å². The number of ketones is 1. The van der Waals surface area contributed by atoms with Gasteiger partial charge in [0.2, 0.25) is 0 Å². The van der Waals surface area contributed by atoms with Crippen molar-refractivity contribution in [2.75, 3.05) is 6.54 Å². The molecule has 40 heavy (non-hydrogen) atoms. The molecule has 0 bridgehead atoms. The van der Waals surface area contributed by atoms with Crippen molar-refractivity contribution in [3.8, 4) is 16.9 Å². The fraction of sp³-hybridized carbons (Fsp3) is 0.219. The quantitative estimate of drug-likeness (QED) is 0.240. The minimum absolute atomic E-state index is 0.0264. The Kier molecular flexibility index (Phi) is 6.80. The fourth-order valence-electron chi connectivity index (χ4n) is 5.73. The van der Waals surface area contributed by atoms with Crippen LogP contribution >= 0.6 is 15.9 Å². The number of hydrogen-bond acceptors (Lipinski definition) is 5. The smallest absolute Gasteiger partial charge is 0.411 e. The van der Waals surface area contributed by atoms with E-state index in [1.165, 1.54) is 4.90 Å². The largest absolute Gasteiger partial charge is 0.488 e. The summed E-state index contributed by atoms with van der Waals surface area (Å²) in [5.41, 5.74) is 2.71. The normalized spacial score (nSPS) is 17.6. The molecule has 2 aliphatic heterocycles. The molecule has 0 unspecified atom stereocenters. The Morgan fingerprint density at radius 2 is 1.77 bits per heavy atom. The molecule has 8 heteroatoms. The van der Waals surface area contributed by atoms with Crippen molar-refractivity contribution >= 4 is 44.5 Å². The number of hydrogen-bond donors (Lipinski definition) is 1. The van der Waals surface area contributed by atoms with Gasteiger partial charge in [0.1, 0.15) is 19.0 Å². The van der Waals surface area contributed by atoms with E-state index in [1.807, 2.05) is 60.7 Å². The highest BCUT2D eigenvalue weighted by molar-refractivity contribution is 9.10. The van der Waals surface area contributed by atoms with E-state index < -0.39 is 17.6 Å². The topological polar surface area (TPSA) is 93.1 Å². The standard InChI is InChI=1S/C32H26BrNO6/c33-24-9-12-25-23(16-24)19-39-29-26-10-8-22(15-21(26)7-11-27(25)29)28(35)17-32(30(36)37)13-4-14-34(32)31(38)40-18-20-5-2-1-3-6-20/h1-3,5-12,15-16H,4,13-14,17-19H2,(H,36,37)/t32-/m0/s1. The summed E-state index contributed by atoms with van der Waals surface area (Å²) >= 11 is 3.51. The average molecular weight is 600 g/mol. The number of Topliss-reactive ketones (excluding diaryl/α,β-unsaturated/α-hetero) is 1. The van der Waals surface area contributed by atoms with Crippen LogP contribution in [-0.2, 0) is 22.7 Å². The summed E-state index contributed by atoms with van der Waals surface area (Å²) in [6.45, 7) is 0.685. The molecule has 7 nitrogen and oxygen atoms in total. The van der Waals surface area contributed by atoms with E-state index in [9.17, 15) is 19.5 Å². The van der Waals surface area contributed by atoms with Crippen LogP contribution in [0.2, 0.25) is 0 Å². The second-order valence-corrected chi connectivity index (χ2v) is 11.1. The van der Waals surface area contributed by atoms with Gasteiger partial charge in [0.15, 0.2) is 11.3 Å². The van der Waals surface area contributed by atoms with Gasteiger partial charge in [0.25, 0.3) is 0 Å². The SMILES string of the molecule is O=C(C[C@]1(C(=O)O)CCCN1C(=O)OCc1ccccc1)c1ccc2c3c(ccc2c1)-c1ccc(Br)cc1CO3. The van der Waals surface area contributed by atoms with Gasteiger partial charge in [-0.1, -0.05) is 70.5 Å². The van der Waals surface area contributed by atoms with Gasteiger partial charge in [0.05, 0.1) is 0 Å². The van der Waals surface area contributed by atoms with Gasteiger partial charge in [-0.2, -0.15) is 0 Å². The number of fused-ring (bicyclic) bond motifs is 5. The summed E-state index contributed by atoms with van der Waals surface area (Å²) < 4.78 is 12.6. The second kappa shape index (κ2) is 10.4. The van der Waals surface area contributed by atoms with Crippen molar-refractivity contribution in [2.24, 2.45) is 0 Å². The third-order valence-electron chi connectivity index (χ3n) is 7.79. The van der Waals surface area contributed by atoms with Crippen LogP contribution in [0.4, 0.5) is 4.79 Å². The molecule has 1 saturated heterocycles. The first-order valence-electron chi connectivity index (χ1n) is 13.1. The lowest BCUT2D eigenvalue weighted by Gasteiger charge is -2.33. The van der Waals surface area contributed by atoms with E-state index in [-0.39, 0.29) is 31.8 Å². The molecule has 1 amide bonds. The van der Waals surface area contributed by atoms with Crippen molar-refractivity contribution in [3.05, 3.63) is 100 Å². The Labute approximate surface area is 239 Å². The maximum absolute atomic E-state index is 13.5. The molecule has 0 spiro atoms. The first kappa shape index (κ1) is 26.1. The maximum atomic E-state index is 13.5. The third kappa shape index (κ3) is 4.62. The van der Waals surface area contributed by atoms with E-state index in [1.54, 1.807) is 12.1 Å². The molecule has 0 aliphatic carbocycles. The summed E-state index contributed by atoms with van der Waals surface area (Å²) in [6.07, 6.45) is -0.415. The molecule has 4 aromatic rings. The van der Waals surface area contributed by atoms with Crippen LogP contribution in [0.15, 0.2) is 83.3 Å². The summed E-state index contributed by atoms with van der Waals surface area (Å²) in [5.74, 6) is -0.791. The van der Waals surface area contributed by atoms with Crippen LogP contribution in [0.1, 0.15) is 40.7 Å². The lowest BCUT2D eigenvalue weighted by molar-refractivity contribution is -0.148. The van der Waals surface area contributed by atoms with Gasteiger partial charge in [-0.05, 0) is 59.2 Å². The van der Waals surface area contributed by atoms with E-state index in [0.29, 0.717) is 18.6 Å². The number of ether oxygens (including phenoxy) is 2. The minimum atomic E-state index is -1.66. The van der Waals surface area contributed by atoms with Crippen molar-refractivity contribution in [1.82, 2.24) is 4.90 Å². The number of carboxylic acid groups (broad SMARTS) is 1. The molecule has 0 radical (unpaired) electrons. The van der Waals surface area contributed by atoms with Gasteiger partial charge in [-0.3, -0.25) is 9.69 Å². The lowest BCUT2D eigenvalue weighted by atomic mass is 9.87. The monoisotopic (exact) mass is 599 g/mol. The van der Waals surface area contributed by atoms with Crippen LogP contribution in [0, 0.1) is 0 Å². The molecule has 1 atom stereocenters. The second-order valence-electron chi connectivity index (χ2n) is 10.2. The number of aliphatic carboxylic acids is 1. The Bertz CT molecular complexity index is 1650. The van der Waals surface area contributed by atoms with Gasteiger partial charge >= 0.3 is 12.1 Å². The third-order valence-corrected chi connectivity index (χ3v) is 8.28. The van der Waals surface area contributed by atoms with Crippen molar-refractivity contribution in [2.45, 2.75) is 38.0 Å². The van der Waals surface area contributed by atoms with Gasteiger partial charge in [-0.25, -0.2) is 9.59 Å². The number of carboxylic acids is 1. The van der Waals surface area contributed by atoms with Gasteiger partial charge < -0.3 is 14.6 Å². The molecule has 1 N–H and O–H groups in total. The molecular formula is C32H26BrNO6. The van der Waals surface area contributed by atoms with Crippen molar-refractivity contribution in [3.63, 3.8) is 0 Å². The fourth-order valence-corrected chi connectivity index (χ4v) is 6.14. The van der Waals surface area contributed by atoms with Crippen molar-refractivity contribution < 1.29 is 29.0 Å². The zero-order valence-electron chi connectivity index (χ0n) is 21.6. The Hall–Kier alpha value is -4.17. The highest BCUT2D eigenvalue weighted by Crippen LogP contribution is 2.43. The molecule has 0 aromatic heterocycles. The summed E-state index contributed by atoms with van der Waals surface area (Å²) in [5, 5.41) is 11.9. The molecular weight excluding hydrogens is 574 g/mol. The predicted octanol–water partition coefficient (Wildman–Crippen LogP) is 6.99. The van der Waals surface area contributed by atoms with E-state index >= 15 is 0 Å². The predicted molar refractivity (Wildman–Crippen MR) is 153 cm³/mol. The Balaban J connectivity index is 1.25. The van der Waals surface area contributed by atoms with Crippen LogP contribution in [0.3, 0.4) is 0 Å². The van der Waals surface area contributed by atoms with Crippen LogP contribution in [0.5, 0.6) is 5.75 Å². The Morgan fingerprint density at radius 1 is 0.975 bits per heavy atom. The number of amides is 1. The number of carbonyl (C=O) groups excluding carboxylic acids is 2. The molecule has 0 saturated carbocycles. The number of rotatable bonds is 6. The highest BCUT2D eigenvalue weighted by Gasteiger charge is 2.52. The first-order chi connectivity index (χ1) is 19.4. The summed E-state index contributed by atoms with van der Waals surface area (Å²) in [7, 11) is 0. The van der Waals surface area contributed by atoms with Crippen LogP contribution in [0.25, 0.3) is 21.9 Å². The van der Waals surface area contributed by atoms with E-state index in [2.05, 4.69) is 22.0 Å². The molecule has 1 fully saturated rings. The number of benzene rings is 4. The van der Waals surface area contributed by atoms with Crippen LogP contribution in [-0.4, -0.2) is 39.9 Å². The van der Waals surface area contributed by atoms with Gasteiger partial charge in [-0.15, -0.1) is 0 Å². The Morgan fingerprint density at radius 3 is 2.58 bits per heavy atom. The number of likely N-dealkylation sites (tertiary alicyclic amines) is 1. The van der Waals surface area contributed by atoms with Gasteiger partial charge in [0, 0.05) is 34.0 Å². The molecule has 202 valence electrons. The summed E-state index contributed by atoms with van der Waals surface area (Å²) in [4.78, 5) is 40.3. The first-order valence-corrected chi connectivity index (χ1v) is 13.9. The van der Waals surface area contributed by atoms with E-state index in [0.717, 1.165) is 43.2 Å². The molecule has 2 heterocycles. The number of halogens is 1. The molecule has 4 aromatic carbocycles. The van der Waals surface area contributed by atoms with Crippen LogP contribution < -0.4 is 4.74 Å². The summed E-state index contributed by atoms with van der Waals surface area (Å²) in [6, 6.07) is 24.5. The average Bonchev–Trinajstić information content (AvgIpc) is 3.40. The lowest BCUT2D eigenvalue weighted by Crippen LogP contribution is -2.54. The molecule has 2 aliphatic rings. The zero-order valence-corrected chi connectivity index (χ0v) is 23.1. The minimum Gasteiger partial charge on any atom is -0.488 e.